The van der Waals surface area contributed by atoms with Gasteiger partial charge in [-0.2, -0.15) is 0 Å². The molecular weight excluding hydrogens is 308 g/mol. The van der Waals surface area contributed by atoms with Gasteiger partial charge in [0.15, 0.2) is 0 Å². The zero-order valence-electron chi connectivity index (χ0n) is 11.5. The van der Waals surface area contributed by atoms with Crippen LogP contribution in [0.3, 0.4) is 0 Å². The Morgan fingerprint density at radius 1 is 0.773 bits per heavy atom. The summed E-state index contributed by atoms with van der Waals surface area (Å²) in [5.74, 6) is 0. The molecule has 0 aliphatic carbocycles. The fraction of sp³-hybridized carbons (Fsp3) is 0. The minimum atomic E-state index is 1.05. The first-order chi connectivity index (χ1) is 10.9. The van der Waals surface area contributed by atoms with Crippen molar-refractivity contribution in [3.05, 3.63) is 60.8 Å². The molecule has 1 aliphatic heterocycles. The van der Waals surface area contributed by atoms with E-state index in [0.717, 1.165) is 16.1 Å². The number of para-hydroxylation sites is 2. The molecule has 0 unspecified atom stereocenters. The maximum absolute atomic E-state index is 4.81. The average Bonchev–Trinajstić information content (AvgIpc) is 2.58. The molecule has 0 spiro atoms. The minimum Gasteiger partial charge on any atom is -0.255 e. The fourth-order valence-electron chi connectivity index (χ4n) is 2.71. The molecular formula is C18H10N2S2. The molecule has 2 nitrogen and oxygen atoms in total. The Morgan fingerprint density at radius 2 is 1.59 bits per heavy atom. The van der Waals surface area contributed by atoms with Crippen LogP contribution in [0.1, 0.15) is 0 Å². The summed E-state index contributed by atoms with van der Waals surface area (Å²) in [7, 11) is 0. The van der Waals surface area contributed by atoms with Gasteiger partial charge >= 0.3 is 0 Å². The first kappa shape index (κ1) is 12.5. The SMILES string of the molecule is c1ccc2nc3c(cc2c1)Sc1c(cnc2ccccc12)S3. The Morgan fingerprint density at radius 3 is 2.55 bits per heavy atom. The molecule has 4 aromatic rings. The summed E-state index contributed by atoms with van der Waals surface area (Å²) >= 11 is 3.52. The lowest BCUT2D eigenvalue weighted by Crippen LogP contribution is -1.95. The van der Waals surface area contributed by atoms with E-state index in [0.29, 0.717) is 0 Å². The van der Waals surface area contributed by atoms with Crippen molar-refractivity contribution in [3.63, 3.8) is 0 Å². The molecule has 2 aromatic carbocycles. The molecule has 22 heavy (non-hydrogen) atoms. The largest absolute Gasteiger partial charge is 0.255 e. The predicted octanol–water partition coefficient (Wildman–Crippen LogP) is 5.40. The van der Waals surface area contributed by atoms with E-state index in [9.17, 15) is 0 Å². The van der Waals surface area contributed by atoms with E-state index in [1.807, 2.05) is 18.3 Å². The van der Waals surface area contributed by atoms with Crippen LogP contribution in [0.4, 0.5) is 0 Å². The molecule has 4 heteroatoms. The van der Waals surface area contributed by atoms with Crippen molar-refractivity contribution in [1.82, 2.24) is 9.97 Å². The van der Waals surface area contributed by atoms with Crippen LogP contribution < -0.4 is 0 Å². The lowest BCUT2D eigenvalue weighted by molar-refractivity contribution is 1.05. The first-order valence-electron chi connectivity index (χ1n) is 7.02. The van der Waals surface area contributed by atoms with E-state index in [1.165, 1.54) is 25.5 Å². The second-order valence-corrected chi connectivity index (χ2v) is 7.24. The molecule has 2 aromatic heterocycles. The summed E-state index contributed by atoms with van der Waals surface area (Å²) in [6, 6.07) is 18.8. The number of hydrogen-bond donors (Lipinski definition) is 0. The zero-order chi connectivity index (χ0) is 14.5. The summed E-state index contributed by atoms with van der Waals surface area (Å²) in [5.41, 5.74) is 2.10. The number of fused-ring (bicyclic) bond motifs is 5. The van der Waals surface area contributed by atoms with Gasteiger partial charge in [0.25, 0.3) is 0 Å². The first-order valence-corrected chi connectivity index (χ1v) is 8.65. The van der Waals surface area contributed by atoms with Crippen molar-refractivity contribution in [2.45, 2.75) is 19.7 Å². The third kappa shape index (κ3) is 1.84. The third-order valence-corrected chi connectivity index (χ3v) is 6.24. The van der Waals surface area contributed by atoms with Crippen LogP contribution >= 0.6 is 23.5 Å². The molecule has 0 saturated heterocycles. The van der Waals surface area contributed by atoms with Crippen LogP contribution in [0, 0.1) is 0 Å². The molecule has 0 radical (unpaired) electrons. The number of nitrogens with zero attached hydrogens (tertiary/aromatic N) is 2. The Kier molecular flexibility index (Phi) is 2.69. The van der Waals surface area contributed by atoms with Crippen LogP contribution in [-0.4, -0.2) is 9.97 Å². The lowest BCUT2D eigenvalue weighted by Gasteiger charge is -2.19. The summed E-state index contributed by atoms with van der Waals surface area (Å²) in [6.45, 7) is 0. The zero-order valence-corrected chi connectivity index (χ0v) is 13.1. The van der Waals surface area contributed by atoms with Gasteiger partial charge in [0.1, 0.15) is 5.03 Å². The van der Waals surface area contributed by atoms with Crippen molar-refractivity contribution in [2.75, 3.05) is 0 Å². The van der Waals surface area contributed by atoms with E-state index in [2.05, 4.69) is 47.4 Å². The number of aromatic nitrogens is 2. The predicted molar refractivity (Wildman–Crippen MR) is 91.7 cm³/mol. The highest BCUT2D eigenvalue weighted by atomic mass is 32.2. The molecule has 5 rings (SSSR count). The summed E-state index contributed by atoms with van der Waals surface area (Å²) in [6.07, 6.45) is 1.97. The smallest absolute Gasteiger partial charge is 0.116 e. The second kappa shape index (κ2) is 4.73. The van der Waals surface area contributed by atoms with Crippen LogP contribution in [0.25, 0.3) is 21.8 Å². The highest BCUT2D eigenvalue weighted by molar-refractivity contribution is 8.05. The molecule has 0 atom stereocenters. The monoisotopic (exact) mass is 318 g/mol. The quantitative estimate of drug-likeness (QED) is 0.382. The van der Waals surface area contributed by atoms with Gasteiger partial charge in [-0.3, -0.25) is 4.98 Å². The van der Waals surface area contributed by atoms with Crippen molar-refractivity contribution >= 4 is 45.3 Å². The van der Waals surface area contributed by atoms with Crippen LogP contribution in [-0.2, 0) is 0 Å². The van der Waals surface area contributed by atoms with Crippen molar-refractivity contribution in [1.29, 1.82) is 0 Å². The van der Waals surface area contributed by atoms with Gasteiger partial charge in [-0.15, -0.1) is 0 Å². The topological polar surface area (TPSA) is 25.8 Å². The number of pyridine rings is 2. The molecule has 0 saturated carbocycles. The summed E-state index contributed by atoms with van der Waals surface area (Å²) in [4.78, 5) is 13.1. The van der Waals surface area contributed by atoms with E-state index >= 15 is 0 Å². The Hall–Kier alpha value is -2.04. The van der Waals surface area contributed by atoms with E-state index in [1.54, 1.807) is 23.5 Å². The molecule has 0 fully saturated rings. The van der Waals surface area contributed by atoms with Crippen LogP contribution in [0.5, 0.6) is 0 Å². The molecule has 1 aliphatic rings. The second-order valence-electron chi connectivity index (χ2n) is 5.16. The summed E-state index contributed by atoms with van der Waals surface area (Å²) < 4.78 is 0. The molecule has 0 N–H and O–H groups in total. The Bertz CT molecular complexity index is 1040. The maximum Gasteiger partial charge on any atom is 0.116 e. The number of rotatable bonds is 0. The van der Waals surface area contributed by atoms with Crippen LogP contribution in [0.15, 0.2) is 80.5 Å². The van der Waals surface area contributed by atoms with E-state index in [-0.39, 0.29) is 0 Å². The molecule has 0 amide bonds. The standard InChI is InChI=1S/C18H10N2S2/c1-3-7-13-11(5-1)9-15-18(20-13)22-16-10-19-14-8-4-2-6-12(14)17(16)21-15/h1-10H. The average molecular weight is 318 g/mol. The Balaban J connectivity index is 1.75. The van der Waals surface area contributed by atoms with Crippen molar-refractivity contribution in [3.8, 4) is 0 Å². The van der Waals surface area contributed by atoms with Gasteiger partial charge in [0, 0.05) is 31.7 Å². The van der Waals surface area contributed by atoms with Gasteiger partial charge in [-0.1, -0.05) is 59.9 Å². The summed E-state index contributed by atoms with van der Waals surface area (Å²) in [5, 5.41) is 3.49. The van der Waals surface area contributed by atoms with E-state index < -0.39 is 0 Å². The number of benzene rings is 2. The molecule has 3 heterocycles. The fourth-order valence-corrected chi connectivity index (χ4v) is 5.01. The number of hydrogen-bond acceptors (Lipinski definition) is 4. The normalized spacial score (nSPS) is 13.1. The Labute approximate surface area is 136 Å². The third-order valence-electron chi connectivity index (χ3n) is 3.77. The van der Waals surface area contributed by atoms with Gasteiger partial charge in [-0.25, -0.2) is 4.98 Å². The van der Waals surface area contributed by atoms with Gasteiger partial charge in [0.2, 0.25) is 0 Å². The van der Waals surface area contributed by atoms with Crippen molar-refractivity contribution in [2.24, 2.45) is 0 Å². The highest BCUT2D eigenvalue weighted by Gasteiger charge is 2.21. The van der Waals surface area contributed by atoms with Crippen molar-refractivity contribution < 1.29 is 0 Å². The molecule has 0 bridgehead atoms. The van der Waals surface area contributed by atoms with Gasteiger partial charge < -0.3 is 0 Å². The minimum absolute atomic E-state index is 1.05. The highest BCUT2D eigenvalue weighted by Crippen LogP contribution is 2.50. The van der Waals surface area contributed by atoms with Gasteiger partial charge in [-0.05, 0) is 18.2 Å². The van der Waals surface area contributed by atoms with E-state index in [4.69, 9.17) is 4.98 Å². The van der Waals surface area contributed by atoms with Gasteiger partial charge in [0.05, 0.1) is 11.0 Å². The lowest BCUT2D eigenvalue weighted by atomic mass is 10.2. The maximum atomic E-state index is 4.81. The van der Waals surface area contributed by atoms with Crippen LogP contribution in [0.2, 0.25) is 0 Å². The molecule has 104 valence electrons.